The Morgan fingerprint density at radius 2 is 0.686 bits per heavy atom. The van der Waals surface area contributed by atoms with Crippen LogP contribution in [0.1, 0.15) is 47.2 Å². The Bertz CT molecular complexity index is 1170. The van der Waals surface area contributed by atoms with E-state index in [2.05, 4.69) is 148 Å². The van der Waals surface area contributed by atoms with Crippen molar-refractivity contribution >= 4 is 42.8 Å². The molecule has 0 spiro atoms. The summed E-state index contributed by atoms with van der Waals surface area (Å²) in [5, 5.41) is 2.92. The summed E-state index contributed by atoms with van der Waals surface area (Å²) in [6, 6.07) is 35.9. The second-order valence-electron chi connectivity index (χ2n) is 9.73. The van der Waals surface area contributed by atoms with E-state index in [9.17, 15) is 0 Å². The zero-order valence-electron chi connectivity index (χ0n) is 21.5. The van der Waals surface area contributed by atoms with Gasteiger partial charge < -0.3 is 0 Å². The van der Waals surface area contributed by atoms with E-state index in [1.54, 1.807) is 0 Å². The lowest BCUT2D eigenvalue weighted by Crippen LogP contribution is -2.52. The summed E-state index contributed by atoms with van der Waals surface area (Å²) < 4.78 is 0. The van der Waals surface area contributed by atoms with Crippen molar-refractivity contribution in [1.29, 1.82) is 0 Å². The topological polar surface area (TPSA) is 0 Å². The van der Waals surface area contributed by atoms with Crippen LogP contribution in [-0.4, -0.2) is 8.07 Å². The molecule has 0 fully saturated rings. The van der Waals surface area contributed by atoms with Gasteiger partial charge >= 0.3 is 0 Å². The lowest BCUT2D eigenvalue weighted by atomic mass is 10.1. The Kier molecular flexibility index (Phi) is 8.00. The van der Waals surface area contributed by atoms with Gasteiger partial charge in [0.05, 0.1) is 0 Å². The molecule has 176 valence electrons. The Hall–Kier alpha value is -3.42. The van der Waals surface area contributed by atoms with Gasteiger partial charge in [-0.1, -0.05) is 159 Å². The summed E-state index contributed by atoms with van der Waals surface area (Å²) in [7, 11) is -1.74. The van der Waals surface area contributed by atoms with Crippen molar-refractivity contribution in [3.63, 3.8) is 0 Å². The largest absolute Gasteiger partial charge is 0.112 e. The minimum absolute atomic E-state index is 1.08. The van der Waals surface area contributed by atoms with E-state index in [1.807, 2.05) is 0 Å². The molecule has 1 heteroatoms. The molecule has 0 aliphatic heterocycles. The number of rotatable bonds is 8. The lowest BCUT2D eigenvalue weighted by molar-refractivity contribution is 1.14. The van der Waals surface area contributed by atoms with Crippen LogP contribution in [0, 0.1) is 0 Å². The van der Waals surface area contributed by atoms with E-state index in [0.717, 1.165) is 12.8 Å². The van der Waals surface area contributed by atoms with Crippen molar-refractivity contribution in [2.24, 2.45) is 0 Å². The van der Waals surface area contributed by atoms with E-state index in [4.69, 9.17) is 0 Å². The maximum Gasteiger partial charge on any atom is 0.112 e. The number of hydrogen-bond donors (Lipinski definition) is 0. The molecule has 0 heterocycles. The molecule has 35 heavy (non-hydrogen) atoms. The molecular weight excluding hydrogens is 436 g/mol. The van der Waals surface area contributed by atoms with Gasteiger partial charge in [-0.05, 0) is 46.2 Å². The van der Waals surface area contributed by atoms with E-state index in [0.29, 0.717) is 0 Å². The van der Waals surface area contributed by atoms with E-state index in [1.165, 1.54) is 43.8 Å². The fraction of sp³-hybridized carbons (Fsp3) is 0.176. The Morgan fingerprint density at radius 3 is 0.943 bits per heavy atom. The number of hydrogen-bond acceptors (Lipinski definition) is 0. The first kappa shape index (κ1) is 24.7. The van der Waals surface area contributed by atoms with Crippen LogP contribution in [0.5, 0.6) is 0 Å². The van der Waals surface area contributed by atoms with Gasteiger partial charge in [0.25, 0.3) is 0 Å². The smallest absolute Gasteiger partial charge is 0.0620 e. The highest BCUT2D eigenvalue weighted by molar-refractivity contribution is 7.00. The Morgan fingerprint density at radius 1 is 0.429 bits per heavy atom. The standard InChI is InChI=1S/C34H36Si/c1-5-27-7-11-29(12-8-27)15-17-31-19-23-33(24-20-31)35(3,4)34-25-21-32(22-26-34)18-16-30-13-9-28(6-2)10-14-30/h7-26H,5-6H2,1-4H3. The van der Waals surface area contributed by atoms with Gasteiger partial charge in [-0.25, -0.2) is 0 Å². The third kappa shape index (κ3) is 6.38. The molecule has 4 aromatic rings. The van der Waals surface area contributed by atoms with Crippen LogP contribution in [0.25, 0.3) is 24.3 Å². The fourth-order valence-corrected chi connectivity index (χ4v) is 6.64. The first-order chi connectivity index (χ1) is 17.0. The summed E-state index contributed by atoms with van der Waals surface area (Å²) in [6.45, 7) is 9.26. The Balaban J connectivity index is 1.43. The zero-order chi connectivity index (χ0) is 24.7. The summed E-state index contributed by atoms with van der Waals surface area (Å²) in [4.78, 5) is 0. The molecule has 0 saturated heterocycles. The van der Waals surface area contributed by atoms with Crippen molar-refractivity contribution in [3.05, 3.63) is 130 Å². The SMILES string of the molecule is CCc1ccc(C=Cc2ccc([Si](C)(C)c3ccc(C=Cc4ccc(CC)cc4)cc3)cc2)cc1. The molecule has 0 bridgehead atoms. The third-order valence-corrected chi connectivity index (χ3v) is 10.5. The molecule has 0 aromatic heterocycles. The van der Waals surface area contributed by atoms with E-state index >= 15 is 0 Å². The number of benzene rings is 4. The van der Waals surface area contributed by atoms with Gasteiger partial charge in [0.1, 0.15) is 8.07 Å². The fourth-order valence-electron chi connectivity index (χ4n) is 4.30. The predicted octanol–water partition coefficient (Wildman–Crippen LogP) is 7.97. The van der Waals surface area contributed by atoms with Crippen LogP contribution in [0.15, 0.2) is 97.1 Å². The highest BCUT2D eigenvalue weighted by atomic mass is 28.3. The summed E-state index contributed by atoms with van der Waals surface area (Å²) >= 11 is 0. The highest BCUT2D eigenvalue weighted by Crippen LogP contribution is 2.13. The maximum absolute atomic E-state index is 2.44. The van der Waals surface area contributed by atoms with Crippen molar-refractivity contribution < 1.29 is 0 Å². The average molecular weight is 473 g/mol. The molecule has 0 unspecified atom stereocenters. The van der Waals surface area contributed by atoms with E-state index in [-0.39, 0.29) is 0 Å². The van der Waals surface area contributed by atoms with Gasteiger partial charge in [0.15, 0.2) is 0 Å². The predicted molar refractivity (Wildman–Crippen MR) is 159 cm³/mol. The van der Waals surface area contributed by atoms with Gasteiger partial charge in [-0.2, -0.15) is 0 Å². The molecule has 0 nitrogen and oxygen atoms in total. The molecule has 0 radical (unpaired) electrons. The van der Waals surface area contributed by atoms with Crippen LogP contribution < -0.4 is 10.4 Å². The first-order valence-corrected chi connectivity index (χ1v) is 15.7. The lowest BCUT2D eigenvalue weighted by Gasteiger charge is -2.24. The van der Waals surface area contributed by atoms with Crippen LogP contribution in [0.2, 0.25) is 13.1 Å². The van der Waals surface area contributed by atoms with Crippen LogP contribution >= 0.6 is 0 Å². The van der Waals surface area contributed by atoms with Gasteiger partial charge in [-0.3, -0.25) is 0 Å². The highest BCUT2D eigenvalue weighted by Gasteiger charge is 2.25. The zero-order valence-corrected chi connectivity index (χ0v) is 22.5. The molecule has 0 aliphatic rings. The molecule has 0 saturated carbocycles. The van der Waals surface area contributed by atoms with Crippen LogP contribution in [0.3, 0.4) is 0 Å². The quantitative estimate of drug-likeness (QED) is 0.180. The van der Waals surface area contributed by atoms with Crippen molar-refractivity contribution in [1.82, 2.24) is 0 Å². The molecule has 4 aromatic carbocycles. The summed E-state index contributed by atoms with van der Waals surface area (Å²) in [5.41, 5.74) is 7.73. The minimum Gasteiger partial charge on any atom is -0.0620 e. The normalized spacial score (nSPS) is 12.0. The van der Waals surface area contributed by atoms with Crippen molar-refractivity contribution in [2.45, 2.75) is 39.8 Å². The summed E-state index contributed by atoms with van der Waals surface area (Å²) in [6.07, 6.45) is 11.0. The Labute approximate surface area is 212 Å². The molecule has 0 amide bonds. The molecule has 0 N–H and O–H groups in total. The molecule has 4 rings (SSSR count). The van der Waals surface area contributed by atoms with Crippen molar-refractivity contribution in [2.75, 3.05) is 0 Å². The minimum atomic E-state index is -1.74. The second-order valence-corrected chi connectivity index (χ2v) is 14.1. The third-order valence-electron chi connectivity index (χ3n) is 6.98. The maximum atomic E-state index is 2.44. The van der Waals surface area contributed by atoms with Crippen LogP contribution in [0.4, 0.5) is 0 Å². The number of aryl methyl sites for hydroxylation is 2. The van der Waals surface area contributed by atoms with Gasteiger partial charge in [-0.15, -0.1) is 0 Å². The first-order valence-electron chi connectivity index (χ1n) is 12.7. The van der Waals surface area contributed by atoms with E-state index < -0.39 is 8.07 Å². The average Bonchev–Trinajstić information content (AvgIpc) is 2.92. The molecule has 0 aliphatic carbocycles. The van der Waals surface area contributed by atoms with Crippen molar-refractivity contribution in [3.8, 4) is 0 Å². The second kappa shape index (κ2) is 11.3. The van der Waals surface area contributed by atoms with Gasteiger partial charge in [0, 0.05) is 0 Å². The monoisotopic (exact) mass is 472 g/mol. The molecular formula is C34H36Si. The molecule has 0 atom stereocenters. The summed E-state index contributed by atoms with van der Waals surface area (Å²) in [5.74, 6) is 0. The van der Waals surface area contributed by atoms with Crippen LogP contribution in [-0.2, 0) is 12.8 Å². The van der Waals surface area contributed by atoms with Gasteiger partial charge in [0.2, 0.25) is 0 Å².